The van der Waals surface area contributed by atoms with Crippen molar-refractivity contribution in [1.82, 2.24) is 24.9 Å². The molecule has 0 atom stereocenters. The molecular formula is C59H37N5. The molecule has 5 heteroatoms. The Morgan fingerprint density at radius 3 is 1.06 bits per heavy atom. The molecule has 0 saturated heterocycles. The van der Waals surface area contributed by atoms with Crippen LogP contribution in [0.2, 0.25) is 0 Å². The van der Waals surface area contributed by atoms with E-state index >= 15 is 0 Å². The first kappa shape index (κ1) is 37.1. The number of aromatic nitrogens is 5. The monoisotopic (exact) mass is 815 g/mol. The SMILES string of the molecule is c1ccc(-c2ccc(-c3cc(-c4cc(-c5ccc6cc7ccccc7cc6n5)nc(-c5ccc6cc7ccccc7cc6n5)c4)nc(-c4ccc(-c5ccccc5)cc4)n3)cc2)cc1. The Hall–Kier alpha value is -8.67. The molecule has 64 heavy (non-hydrogen) atoms. The number of hydrogen-bond donors (Lipinski definition) is 0. The fraction of sp³-hybridized carbons (Fsp3) is 0. The summed E-state index contributed by atoms with van der Waals surface area (Å²) in [5.74, 6) is 0.630. The molecule has 0 aliphatic rings. The summed E-state index contributed by atoms with van der Waals surface area (Å²) in [6.07, 6.45) is 0. The number of rotatable bonds is 7. The predicted octanol–water partition coefficient (Wildman–Crippen LogP) is 14.9. The molecule has 0 fully saturated rings. The van der Waals surface area contributed by atoms with Crippen LogP contribution in [0.15, 0.2) is 224 Å². The first-order valence-corrected chi connectivity index (χ1v) is 21.5. The lowest BCUT2D eigenvalue weighted by molar-refractivity contribution is 1.18. The average Bonchev–Trinajstić information content (AvgIpc) is 3.37. The van der Waals surface area contributed by atoms with Gasteiger partial charge in [0.25, 0.3) is 0 Å². The standard InChI is InChI=1S/C59H37N5/c1-3-11-38(12-4-1)40-19-23-42(24-20-40)55-37-56(64-59(63-55)43-25-21-41(22-26-43)39-13-5-2-6-14-39)50-35-57(51-29-27-48-31-44-15-7-9-17-46(44)33-53(48)60-51)62-58(36-50)52-30-28-49-32-45-16-8-10-18-47(45)34-54(49)61-52/h1-37H. The van der Waals surface area contributed by atoms with E-state index in [4.69, 9.17) is 24.9 Å². The van der Waals surface area contributed by atoms with E-state index in [2.05, 4.69) is 212 Å². The van der Waals surface area contributed by atoms with Crippen LogP contribution in [-0.2, 0) is 0 Å². The van der Waals surface area contributed by atoms with Gasteiger partial charge in [0, 0.05) is 27.5 Å². The van der Waals surface area contributed by atoms with Crippen LogP contribution >= 0.6 is 0 Å². The third-order valence-corrected chi connectivity index (χ3v) is 12.0. The van der Waals surface area contributed by atoms with E-state index in [-0.39, 0.29) is 0 Å². The molecule has 4 aromatic heterocycles. The van der Waals surface area contributed by atoms with E-state index in [1.165, 1.54) is 16.3 Å². The Balaban J connectivity index is 1.04. The molecule has 12 aromatic rings. The molecule has 0 unspecified atom stereocenters. The molecule has 0 aliphatic carbocycles. The normalized spacial score (nSPS) is 11.4. The quantitative estimate of drug-likeness (QED) is 0.150. The van der Waals surface area contributed by atoms with Gasteiger partial charge in [-0.2, -0.15) is 0 Å². The van der Waals surface area contributed by atoms with Gasteiger partial charge in [-0.05, 0) is 98.4 Å². The van der Waals surface area contributed by atoms with Crippen molar-refractivity contribution in [2.75, 3.05) is 0 Å². The Bertz CT molecular complexity index is 3460. The minimum absolute atomic E-state index is 0.630. The van der Waals surface area contributed by atoms with Gasteiger partial charge >= 0.3 is 0 Å². The van der Waals surface area contributed by atoms with Gasteiger partial charge in [0.1, 0.15) is 0 Å². The lowest BCUT2D eigenvalue weighted by atomic mass is 10.0. The van der Waals surface area contributed by atoms with Crippen molar-refractivity contribution in [3.63, 3.8) is 0 Å². The second-order valence-electron chi connectivity index (χ2n) is 16.2. The summed E-state index contributed by atoms with van der Waals surface area (Å²) in [4.78, 5) is 26.3. The highest BCUT2D eigenvalue weighted by Crippen LogP contribution is 2.35. The summed E-state index contributed by atoms with van der Waals surface area (Å²) in [6, 6.07) is 78.1. The van der Waals surface area contributed by atoms with Crippen LogP contribution in [-0.4, -0.2) is 24.9 Å². The zero-order valence-corrected chi connectivity index (χ0v) is 34.6. The summed E-state index contributed by atoms with van der Waals surface area (Å²) < 4.78 is 0. The van der Waals surface area contributed by atoms with Crippen LogP contribution in [0.3, 0.4) is 0 Å². The maximum Gasteiger partial charge on any atom is 0.160 e. The second-order valence-corrected chi connectivity index (χ2v) is 16.2. The Morgan fingerprint density at radius 2 is 0.578 bits per heavy atom. The average molecular weight is 816 g/mol. The topological polar surface area (TPSA) is 64.5 Å². The highest BCUT2D eigenvalue weighted by molar-refractivity contribution is 5.98. The Kier molecular flexibility index (Phi) is 9.08. The zero-order valence-electron chi connectivity index (χ0n) is 34.6. The molecule has 0 amide bonds. The van der Waals surface area contributed by atoms with Crippen molar-refractivity contribution in [2.45, 2.75) is 0 Å². The van der Waals surface area contributed by atoms with Crippen molar-refractivity contribution in [3.05, 3.63) is 224 Å². The fourth-order valence-corrected chi connectivity index (χ4v) is 8.63. The van der Waals surface area contributed by atoms with Gasteiger partial charge in [0.05, 0.1) is 45.2 Å². The molecule has 0 N–H and O–H groups in total. The molecule has 12 rings (SSSR count). The molecule has 0 radical (unpaired) electrons. The third-order valence-electron chi connectivity index (χ3n) is 12.0. The van der Waals surface area contributed by atoms with Crippen molar-refractivity contribution in [2.24, 2.45) is 0 Å². The van der Waals surface area contributed by atoms with Crippen molar-refractivity contribution >= 4 is 43.4 Å². The van der Waals surface area contributed by atoms with Crippen LogP contribution < -0.4 is 0 Å². The molecule has 5 nitrogen and oxygen atoms in total. The van der Waals surface area contributed by atoms with E-state index in [9.17, 15) is 0 Å². The van der Waals surface area contributed by atoms with Crippen molar-refractivity contribution in [3.8, 4) is 78.9 Å². The molecule has 0 spiro atoms. The van der Waals surface area contributed by atoms with Crippen LogP contribution in [0.5, 0.6) is 0 Å². The summed E-state index contributed by atoms with van der Waals surface area (Å²) in [7, 11) is 0. The lowest BCUT2D eigenvalue weighted by Crippen LogP contribution is -1.99. The molecular weight excluding hydrogens is 779 g/mol. The minimum atomic E-state index is 0.630. The third kappa shape index (κ3) is 7.11. The summed E-state index contributed by atoms with van der Waals surface area (Å²) in [6.45, 7) is 0. The van der Waals surface area contributed by atoms with Gasteiger partial charge in [-0.25, -0.2) is 24.9 Å². The van der Waals surface area contributed by atoms with E-state index < -0.39 is 0 Å². The van der Waals surface area contributed by atoms with Gasteiger partial charge in [-0.3, -0.25) is 0 Å². The van der Waals surface area contributed by atoms with Gasteiger partial charge in [-0.15, -0.1) is 0 Å². The fourth-order valence-electron chi connectivity index (χ4n) is 8.63. The van der Waals surface area contributed by atoms with Crippen LogP contribution in [0.1, 0.15) is 0 Å². The van der Waals surface area contributed by atoms with Crippen LogP contribution in [0.4, 0.5) is 0 Å². The van der Waals surface area contributed by atoms with Gasteiger partial charge < -0.3 is 0 Å². The molecule has 8 aromatic carbocycles. The van der Waals surface area contributed by atoms with Crippen LogP contribution in [0, 0.1) is 0 Å². The summed E-state index contributed by atoms with van der Waals surface area (Å²) >= 11 is 0. The number of fused-ring (bicyclic) bond motifs is 4. The molecule has 298 valence electrons. The highest BCUT2D eigenvalue weighted by Gasteiger charge is 2.17. The first-order chi connectivity index (χ1) is 31.6. The van der Waals surface area contributed by atoms with Gasteiger partial charge in [-0.1, -0.05) is 170 Å². The number of pyridine rings is 3. The zero-order chi connectivity index (χ0) is 42.4. The smallest absolute Gasteiger partial charge is 0.160 e. The van der Waals surface area contributed by atoms with Gasteiger partial charge in [0.2, 0.25) is 0 Å². The maximum atomic E-state index is 5.33. The van der Waals surface area contributed by atoms with Crippen molar-refractivity contribution < 1.29 is 0 Å². The Labute approximate surface area is 370 Å². The summed E-state index contributed by atoms with van der Waals surface area (Å²) in [5.41, 5.74) is 13.8. The van der Waals surface area contributed by atoms with E-state index in [0.29, 0.717) is 5.82 Å². The molecule has 0 bridgehead atoms. The molecule has 0 saturated carbocycles. The Morgan fingerprint density at radius 1 is 0.188 bits per heavy atom. The number of benzene rings is 8. The maximum absolute atomic E-state index is 5.33. The first-order valence-electron chi connectivity index (χ1n) is 21.5. The van der Waals surface area contributed by atoms with E-state index in [1.807, 2.05) is 12.1 Å². The minimum Gasteiger partial charge on any atom is -0.246 e. The summed E-state index contributed by atoms with van der Waals surface area (Å²) in [5, 5.41) is 6.80. The lowest BCUT2D eigenvalue weighted by Gasteiger charge is -2.13. The number of hydrogen-bond acceptors (Lipinski definition) is 5. The highest BCUT2D eigenvalue weighted by atomic mass is 14.9. The van der Waals surface area contributed by atoms with E-state index in [0.717, 1.165) is 100 Å². The van der Waals surface area contributed by atoms with Crippen LogP contribution in [0.25, 0.3) is 122 Å². The predicted molar refractivity (Wildman–Crippen MR) is 263 cm³/mol. The number of nitrogens with zero attached hydrogens (tertiary/aromatic N) is 5. The van der Waals surface area contributed by atoms with Gasteiger partial charge in [0.15, 0.2) is 5.82 Å². The second kappa shape index (κ2) is 15.7. The largest absolute Gasteiger partial charge is 0.246 e. The molecule has 0 aliphatic heterocycles. The van der Waals surface area contributed by atoms with Crippen molar-refractivity contribution in [1.29, 1.82) is 0 Å². The van der Waals surface area contributed by atoms with E-state index in [1.54, 1.807) is 0 Å². The molecule has 4 heterocycles.